The van der Waals surface area contributed by atoms with Crippen LogP contribution in [0.2, 0.25) is 0 Å². The molecule has 0 atom stereocenters. The molecule has 1 saturated carbocycles. The summed E-state index contributed by atoms with van der Waals surface area (Å²) in [6, 6.07) is 13.0. The number of H-pyrrole nitrogens is 2. The SMILES string of the molecule is c1cc(-c2cncc3[nH]c(-c4n[nH]c5ccc(-c6cncc(CNCC7CCCC7)c6)cc45)cc23)cs1. The van der Waals surface area contributed by atoms with Crippen molar-refractivity contribution in [2.45, 2.75) is 32.2 Å². The summed E-state index contributed by atoms with van der Waals surface area (Å²) in [7, 11) is 0. The molecule has 0 aliphatic heterocycles. The van der Waals surface area contributed by atoms with E-state index in [4.69, 9.17) is 0 Å². The zero-order valence-corrected chi connectivity index (χ0v) is 21.3. The highest BCUT2D eigenvalue weighted by molar-refractivity contribution is 7.08. The smallest absolute Gasteiger partial charge is 0.116 e. The summed E-state index contributed by atoms with van der Waals surface area (Å²) in [6.07, 6.45) is 13.2. The normalized spacial score (nSPS) is 14.3. The van der Waals surface area contributed by atoms with Crippen molar-refractivity contribution in [1.82, 2.24) is 30.5 Å². The lowest BCUT2D eigenvalue weighted by Gasteiger charge is -2.11. The molecule has 6 aromatic rings. The van der Waals surface area contributed by atoms with Gasteiger partial charge in [0.25, 0.3) is 0 Å². The van der Waals surface area contributed by atoms with Gasteiger partial charge in [-0.3, -0.25) is 15.1 Å². The van der Waals surface area contributed by atoms with E-state index < -0.39 is 0 Å². The summed E-state index contributed by atoms with van der Waals surface area (Å²) in [6.45, 7) is 1.95. The van der Waals surface area contributed by atoms with Crippen molar-refractivity contribution in [2.75, 3.05) is 6.54 Å². The van der Waals surface area contributed by atoms with Gasteiger partial charge in [0.2, 0.25) is 0 Å². The number of fused-ring (bicyclic) bond motifs is 2. The van der Waals surface area contributed by atoms with Crippen molar-refractivity contribution in [1.29, 1.82) is 0 Å². The third kappa shape index (κ3) is 4.34. The maximum Gasteiger partial charge on any atom is 0.116 e. The molecule has 1 aliphatic rings. The van der Waals surface area contributed by atoms with Gasteiger partial charge < -0.3 is 10.3 Å². The summed E-state index contributed by atoms with van der Waals surface area (Å²) in [5.41, 5.74) is 9.69. The zero-order valence-electron chi connectivity index (χ0n) is 20.5. The molecule has 7 rings (SSSR count). The molecule has 6 nitrogen and oxygen atoms in total. The minimum atomic E-state index is 0.833. The van der Waals surface area contributed by atoms with Gasteiger partial charge in [-0.25, -0.2) is 0 Å². The molecular weight excluding hydrogens is 476 g/mol. The highest BCUT2D eigenvalue weighted by Crippen LogP contribution is 2.35. The van der Waals surface area contributed by atoms with Crippen LogP contribution in [0.15, 0.2) is 71.9 Å². The maximum atomic E-state index is 4.68. The van der Waals surface area contributed by atoms with Gasteiger partial charge in [-0.1, -0.05) is 18.9 Å². The standard InChI is InChI=1S/C30H28N6S/c1-2-4-19(3-1)12-31-13-20-9-23(15-32-14-20)21-5-6-27-25(10-21)30(36-35-27)28-11-24-26(22-7-8-37-18-22)16-33-17-29(24)34-28/h5-11,14-19,31,34H,1-4,12-13H2,(H,35,36). The summed E-state index contributed by atoms with van der Waals surface area (Å²) >= 11 is 1.70. The molecule has 0 saturated heterocycles. The topological polar surface area (TPSA) is 82.3 Å². The number of nitrogens with zero attached hydrogens (tertiary/aromatic N) is 3. The fourth-order valence-electron chi connectivity index (χ4n) is 5.60. The Labute approximate surface area is 219 Å². The van der Waals surface area contributed by atoms with E-state index in [1.807, 2.05) is 24.8 Å². The van der Waals surface area contributed by atoms with E-state index in [0.717, 1.165) is 68.9 Å². The molecule has 5 aromatic heterocycles. The van der Waals surface area contributed by atoms with Crippen LogP contribution in [0, 0.1) is 5.92 Å². The Balaban J connectivity index is 1.20. The van der Waals surface area contributed by atoms with E-state index in [9.17, 15) is 0 Å². The van der Waals surface area contributed by atoms with E-state index in [2.05, 4.69) is 77.6 Å². The van der Waals surface area contributed by atoms with Gasteiger partial charge in [-0.05, 0) is 83.1 Å². The first kappa shape index (κ1) is 22.4. The Morgan fingerprint density at radius 2 is 1.78 bits per heavy atom. The lowest BCUT2D eigenvalue weighted by molar-refractivity contribution is 0.489. The van der Waals surface area contributed by atoms with Crippen LogP contribution in [-0.2, 0) is 6.54 Å². The van der Waals surface area contributed by atoms with Crippen LogP contribution in [0.4, 0.5) is 0 Å². The Morgan fingerprint density at radius 1 is 0.865 bits per heavy atom. The predicted octanol–water partition coefficient (Wildman–Crippen LogP) is 7.18. The van der Waals surface area contributed by atoms with Gasteiger partial charge in [-0.15, -0.1) is 0 Å². The molecule has 37 heavy (non-hydrogen) atoms. The van der Waals surface area contributed by atoms with Crippen LogP contribution < -0.4 is 5.32 Å². The first-order chi connectivity index (χ1) is 18.3. The second-order valence-corrected chi connectivity index (χ2v) is 10.8. The number of hydrogen-bond donors (Lipinski definition) is 3. The minimum Gasteiger partial charge on any atom is -0.352 e. The van der Waals surface area contributed by atoms with E-state index in [-0.39, 0.29) is 0 Å². The quantitative estimate of drug-likeness (QED) is 0.215. The highest BCUT2D eigenvalue weighted by Gasteiger charge is 2.16. The minimum absolute atomic E-state index is 0.833. The van der Waals surface area contributed by atoms with Gasteiger partial charge in [0, 0.05) is 47.0 Å². The molecule has 0 amide bonds. The Morgan fingerprint density at radius 3 is 2.68 bits per heavy atom. The third-order valence-electron chi connectivity index (χ3n) is 7.56. The van der Waals surface area contributed by atoms with Gasteiger partial charge in [0.1, 0.15) is 5.69 Å². The molecule has 0 bridgehead atoms. The van der Waals surface area contributed by atoms with Crippen LogP contribution in [0.3, 0.4) is 0 Å². The number of aromatic nitrogens is 5. The van der Waals surface area contributed by atoms with E-state index in [1.165, 1.54) is 36.8 Å². The molecular formula is C30H28N6S. The Kier molecular flexibility index (Phi) is 5.79. The zero-order chi connectivity index (χ0) is 24.6. The number of nitrogens with one attached hydrogen (secondary N) is 3. The fourth-order valence-corrected chi connectivity index (χ4v) is 6.26. The average Bonchev–Trinajstić information content (AvgIpc) is 3.74. The molecule has 184 valence electrons. The summed E-state index contributed by atoms with van der Waals surface area (Å²) < 4.78 is 0. The second kappa shape index (κ2) is 9.57. The highest BCUT2D eigenvalue weighted by atomic mass is 32.1. The van der Waals surface area contributed by atoms with Crippen molar-refractivity contribution in [3.8, 4) is 33.6 Å². The number of pyridine rings is 2. The number of benzene rings is 1. The van der Waals surface area contributed by atoms with Crippen LogP contribution in [0.5, 0.6) is 0 Å². The Hall–Kier alpha value is -3.81. The third-order valence-corrected chi connectivity index (χ3v) is 8.24. The number of hydrogen-bond acceptors (Lipinski definition) is 5. The molecule has 1 fully saturated rings. The summed E-state index contributed by atoms with van der Waals surface area (Å²) in [5, 5.41) is 18.0. The van der Waals surface area contributed by atoms with E-state index >= 15 is 0 Å². The van der Waals surface area contributed by atoms with Crippen molar-refractivity contribution in [3.05, 3.63) is 77.5 Å². The molecule has 7 heteroatoms. The number of thiophene rings is 1. The predicted molar refractivity (Wildman–Crippen MR) is 151 cm³/mol. The summed E-state index contributed by atoms with van der Waals surface area (Å²) in [4.78, 5) is 12.6. The van der Waals surface area contributed by atoms with Crippen LogP contribution in [0.25, 0.3) is 55.4 Å². The first-order valence-electron chi connectivity index (χ1n) is 12.9. The van der Waals surface area contributed by atoms with Crippen LogP contribution >= 0.6 is 11.3 Å². The van der Waals surface area contributed by atoms with Crippen LogP contribution in [-0.4, -0.2) is 31.7 Å². The second-order valence-electron chi connectivity index (χ2n) is 10.0. The van der Waals surface area contributed by atoms with Crippen molar-refractivity contribution in [2.24, 2.45) is 5.92 Å². The van der Waals surface area contributed by atoms with Crippen molar-refractivity contribution in [3.63, 3.8) is 0 Å². The van der Waals surface area contributed by atoms with Gasteiger partial charge in [0.15, 0.2) is 0 Å². The number of aromatic amines is 2. The number of rotatable bonds is 7. The monoisotopic (exact) mass is 504 g/mol. The Bertz CT molecular complexity index is 1670. The molecule has 5 heterocycles. The van der Waals surface area contributed by atoms with Crippen LogP contribution in [0.1, 0.15) is 31.2 Å². The van der Waals surface area contributed by atoms with Gasteiger partial charge in [0.05, 0.1) is 22.9 Å². The molecule has 0 radical (unpaired) electrons. The molecule has 0 spiro atoms. The van der Waals surface area contributed by atoms with E-state index in [0.29, 0.717) is 0 Å². The summed E-state index contributed by atoms with van der Waals surface area (Å²) in [5.74, 6) is 0.833. The first-order valence-corrected chi connectivity index (χ1v) is 13.9. The largest absolute Gasteiger partial charge is 0.352 e. The maximum absolute atomic E-state index is 4.68. The molecule has 1 aromatic carbocycles. The van der Waals surface area contributed by atoms with E-state index in [1.54, 1.807) is 11.3 Å². The lowest BCUT2D eigenvalue weighted by atomic mass is 10.0. The van der Waals surface area contributed by atoms with Gasteiger partial charge in [-0.2, -0.15) is 16.4 Å². The molecule has 3 N–H and O–H groups in total. The fraction of sp³-hybridized carbons (Fsp3) is 0.233. The molecule has 1 aliphatic carbocycles. The lowest BCUT2D eigenvalue weighted by Crippen LogP contribution is -2.20. The average molecular weight is 505 g/mol. The van der Waals surface area contributed by atoms with Gasteiger partial charge >= 0.3 is 0 Å². The molecule has 0 unspecified atom stereocenters. The van der Waals surface area contributed by atoms with Crippen molar-refractivity contribution < 1.29 is 0 Å². The van der Waals surface area contributed by atoms with Crippen molar-refractivity contribution >= 4 is 33.1 Å².